The van der Waals surface area contributed by atoms with Crippen molar-refractivity contribution in [1.29, 1.82) is 0 Å². The fraction of sp³-hybridized carbons (Fsp3) is 0.643. The molecule has 0 saturated carbocycles. The molecule has 108 valence electrons. The minimum Gasteiger partial charge on any atom is -0.367 e. The lowest BCUT2D eigenvalue weighted by Crippen LogP contribution is -2.47. The molecule has 0 spiro atoms. The van der Waals surface area contributed by atoms with Crippen LogP contribution in [0.2, 0.25) is 0 Å². The maximum absolute atomic E-state index is 11.7. The standard InChI is InChI=1S/C14H20N4O2/c1-9-12(6-15-16-14(9)20)17-7-11-4-3-5-18(10(2)19)13(11)8-17/h6,11,13H,3-5,7-8H2,1-2H3,(H,16,20)/t11-,13+/m0/s1. The molecule has 2 saturated heterocycles. The van der Waals surface area contributed by atoms with Crippen molar-refractivity contribution >= 4 is 11.6 Å². The highest BCUT2D eigenvalue weighted by Crippen LogP contribution is 2.33. The largest absolute Gasteiger partial charge is 0.367 e. The number of aromatic amines is 1. The van der Waals surface area contributed by atoms with E-state index in [4.69, 9.17) is 0 Å². The lowest BCUT2D eigenvalue weighted by Gasteiger charge is -2.36. The first-order chi connectivity index (χ1) is 9.58. The number of aromatic nitrogens is 2. The Morgan fingerprint density at radius 2 is 2.25 bits per heavy atom. The van der Waals surface area contributed by atoms with Crippen molar-refractivity contribution in [2.45, 2.75) is 32.7 Å². The molecule has 1 amide bonds. The average molecular weight is 276 g/mol. The van der Waals surface area contributed by atoms with Gasteiger partial charge in [0.1, 0.15) is 0 Å². The van der Waals surface area contributed by atoms with E-state index in [1.807, 2.05) is 11.8 Å². The first kappa shape index (κ1) is 13.1. The number of fused-ring (bicyclic) bond motifs is 1. The summed E-state index contributed by atoms with van der Waals surface area (Å²) in [4.78, 5) is 27.6. The Morgan fingerprint density at radius 1 is 1.45 bits per heavy atom. The van der Waals surface area contributed by atoms with E-state index >= 15 is 0 Å². The maximum Gasteiger partial charge on any atom is 0.269 e. The van der Waals surface area contributed by atoms with Crippen LogP contribution in [0.5, 0.6) is 0 Å². The number of H-pyrrole nitrogens is 1. The van der Waals surface area contributed by atoms with E-state index < -0.39 is 0 Å². The van der Waals surface area contributed by atoms with Crippen molar-refractivity contribution < 1.29 is 4.79 Å². The van der Waals surface area contributed by atoms with Gasteiger partial charge in [0.05, 0.1) is 17.9 Å². The Kier molecular flexibility index (Phi) is 3.23. The number of likely N-dealkylation sites (tertiary alicyclic amines) is 1. The van der Waals surface area contributed by atoms with Crippen LogP contribution in [-0.2, 0) is 4.79 Å². The summed E-state index contributed by atoms with van der Waals surface area (Å²) in [6.07, 6.45) is 3.94. The molecule has 1 aromatic heterocycles. The minimum atomic E-state index is -0.138. The first-order valence-electron chi connectivity index (χ1n) is 7.14. The summed E-state index contributed by atoms with van der Waals surface area (Å²) in [5, 5.41) is 6.36. The van der Waals surface area contributed by atoms with Gasteiger partial charge in [0.15, 0.2) is 0 Å². The molecular weight excluding hydrogens is 256 g/mol. The number of hydrogen-bond donors (Lipinski definition) is 1. The van der Waals surface area contributed by atoms with Gasteiger partial charge < -0.3 is 9.80 Å². The summed E-state index contributed by atoms with van der Waals surface area (Å²) in [5.74, 6) is 0.661. The molecule has 0 bridgehead atoms. The monoisotopic (exact) mass is 276 g/mol. The SMILES string of the molecule is CC(=O)N1CCC[C@H]2CN(c3cn[nH]c(=O)c3C)C[C@H]21. The molecular formula is C14H20N4O2. The molecule has 2 aliphatic rings. The normalized spacial score (nSPS) is 25.7. The van der Waals surface area contributed by atoms with E-state index in [-0.39, 0.29) is 17.5 Å². The van der Waals surface area contributed by atoms with Gasteiger partial charge in [-0.2, -0.15) is 5.10 Å². The number of nitrogens with one attached hydrogen (secondary N) is 1. The minimum absolute atomic E-state index is 0.138. The summed E-state index contributed by atoms with van der Waals surface area (Å²) in [5.41, 5.74) is 1.46. The molecule has 0 radical (unpaired) electrons. The number of amides is 1. The zero-order valence-corrected chi connectivity index (χ0v) is 11.9. The van der Waals surface area contributed by atoms with E-state index in [0.717, 1.165) is 38.2 Å². The molecule has 20 heavy (non-hydrogen) atoms. The van der Waals surface area contributed by atoms with E-state index in [9.17, 15) is 9.59 Å². The molecule has 2 atom stereocenters. The summed E-state index contributed by atoms with van der Waals surface area (Å²) in [6.45, 7) is 6.03. The summed E-state index contributed by atoms with van der Waals surface area (Å²) in [6, 6.07) is 0.278. The van der Waals surface area contributed by atoms with Crippen molar-refractivity contribution in [1.82, 2.24) is 15.1 Å². The van der Waals surface area contributed by atoms with Crippen LogP contribution in [0.15, 0.2) is 11.0 Å². The number of piperidine rings is 1. The van der Waals surface area contributed by atoms with Gasteiger partial charge in [-0.15, -0.1) is 0 Å². The lowest BCUT2D eigenvalue weighted by atomic mass is 9.92. The third-order valence-corrected chi connectivity index (χ3v) is 4.60. The van der Waals surface area contributed by atoms with Crippen LogP contribution >= 0.6 is 0 Å². The fourth-order valence-electron chi connectivity index (χ4n) is 3.54. The number of anilines is 1. The van der Waals surface area contributed by atoms with Crippen molar-refractivity contribution in [2.24, 2.45) is 5.92 Å². The van der Waals surface area contributed by atoms with Gasteiger partial charge in [-0.25, -0.2) is 5.10 Å². The van der Waals surface area contributed by atoms with Crippen LogP contribution in [0.3, 0.4) is 0 Å². The molecule has 2 fully saturated rings. The number of carbonyl (C=O) groups excluding carboxylic acids is 1. The molecule has 1 N–H and O–H groups in total. The molecule has 6 heteroatoms. The van der Waals surface area contributed by atoms with Crippen LogP contribution in [0, 0.1) is 12.8 Å². The van der Waals surface area contributed by atoms with Crippen LogP contribution in [0.4, 0.5) is 5.69 Å². The average Bonchev–Trinajstić information content (AvgIpc) is 2.84. The first-order valence-corrected chi connectivity index (χ1v) is 7.14. The summed E-state index contributed by atoms with van der Waals surface area (Å²) >= 11 is 0. The Labute approximate surface area is 117 Å². The van der Waals surface area contributed by atoms with Crippen LogP contribution in [0.25, 0.3) is 0 Å². The highest BCUT2D eigenvalue weighted by molar-refractivity contribution is 5.74. The topological polar surface area (TPSA) is 69.3 Å². The highest BCUT2D eigenvalue weighted by atomic mass is 16.2. The van der Waals surface area contributed by atoms with Gasteiger partial charge in [0.2, 0.25) is 5.91 Å². The Balaban J connectivity index is 1.87. The van der Waals surface area contributed by atoms with Crippen LogP contribution < -0.4 is 10.5 Å². The van der Waals surface area contributed by atoms with Gasteiger partial charge in [-0.3, -0.25) is 9.59 Å². The van der Waals surface area contributed by atoms with Gasteiger partial charge in [-0.1, -0.05) is 0 Å². The second kappa shape index (κ2) is 4.92. The molecule has 6 nitrogen and oxygen atoms in total. The quantitative estimate of drug-likeness (QED) is 0.812. The van der Waals surface area contributed by atoms with Crippen molar-refractivity contribution in [3.63, 3.8) is 0 Å². The van der Waals surface area contributed by atoms with Crippen molar-refractivity contribution in [3.05, 3.63) is 22.1 Å². The van der Waals surface area contributed by atoms with Gasteiger partial charge in [0.25, 0.3) is 5.56 Å². The number of carbonyl (C=O) groups is 1. The lowest BCUT2D eigenvalue weighted by molar-refractivity contribution is -0.132. The van der Waals surface area contributed by atoms with E-state index in [2.05, 4.69) is 15.1 Å². The summed E-state index contributed by atoms with van der Waals surface area (Å²) in [7, 11) is 0. The molecule has 0 unspecified atom stereocenters. The van der Waals surface area contributed by atoms with Crippen LogP contribution in [0.1, 0.15) is 25.3 Å². The molecule has 1 aromatic rings. The zero-order valence-electron chi connectivity index (χ0n) is 11.9. The highest BCUT2D eigenvalue weighted by Gasteiger charge is 2.40. The molecule has 0 aliphatic carbocycles. The summed E-state index contributed by atoms with van der Waals surface area (Å²) < 4.78 is 0. The molecule has 3 heterocycles. The van der Waals surface area contributed by atoms with E-state index in [1.54, 1.807) is 13.1 Å². The van der Waals surface area contributed by atoms with Gasteiger partial charge >= 0.3 is 0 Å². The van der Waals surface area contributed by atoms with E-state index in [0.29, 0.717) is 11.5 Å². The third-order valence-electron chi connectivity index (χ3n) is 4.60. The Bertz CT molecular complexity index is 583. The maximum atomic E-state index is 11.7. The second-order valence-electron chi connectivity index (χ2n) is 5.80. The fourth-order valence-corrected chi connectivity index (χ4v) is 3.54. The van der Waals surface area contributed by atoms with Gasteiger partial charge in [-0.05, 0) is 25.7 Å². The number of rotatable bonds is 1. The van der Waals surface area contributed by atoms with Crippen molar-refractivity contribution in [3.8, 4) is 0 Å². The predicted molar refractivity (Wildman–Crippen MR) is 75.7 cm³/mol. The zero-order chi connectivity index (χ0) is 14.3. The predicted octanol–water partition coefficient (Wildman–Crippen LogP) is 0.525. The number of hydrogen-bond acceptors (Lipinski definition) is 4. The Hall–Kier alpha value is -1.85. The Morgan fingerprint density at radius 3 is 3.00 bits per heavy atom. The third kappa shape index (κ3) is 2.09. The van der Waals surface area contributed by atoms with Gasteiger partial charge in [0, 0.05) is 32.1 Å². The van der Waals surface area contributed by atoms with Crippen LogP contribution in [-0.4, -0.2) is 46.7 Å². The molecule has 2 aliphatic heterocycles. The molecule has 3 rings (SSSR count). The smallest absolute Gasteiger partial charge is 0.269 e. The molecule has 0 aromatic carbocycles. The van der Waals surface area contributed by atoms with Crippen molar-refractivity contribution in [2.75, 3.05) is 24.5 Å². The van der Waals surface area contributed by atoms with E-state index in [1.165, 1.54) is 0 Å². The second-order valence-corrected chi connectivity index (χ2v) is 5.80. The number of nitrogens with zero attached hydrogens (tertiary/aromatic N) is 3.